The number of nitrogens with one attached hydrogen (secondary N) is 1. The zero-order valence-electron chi connectivity index (χ0n) is 10.8. The number of amides is 1. The van der Waals surface area contributed by atoms with E-state index in [2.05, 4.69) is 5.32 Å². The van der Waals surface area contributed by atoms with Crippen molar-refractivity contribution in [1.82, 2.24) is 5.32 Å². The molecule has 0 spiro atoms. The Hall–Kier alpha value is -1.26. The molecule has 0 bridgehead atoms. The SMILES string of the molecule is O=C(O)CC1(NC(=O)c2cc(Cl)ccc2Cl)CCCC1. The van der Waals surface area contributed by atoms with Gasteiger partial charge in [-0.15, -0.1) is 0 Å². The molecule has 0 atom stereocenters. The molecule has 6 heteroatoms. The number of carboxylic acid groups (broad SMARTS) is 1. The first-order chi connectivity index (χ1) is 9.42. The summed E-state index contributed by atoms with van der Waals surface area (Å²) < 4.78 is 0. The zero-order chi connectivity index (χ0) is 14.8. The Kier molecular flexibility index (Phi) is 4.55. The minimum absolute atomic E-state index is 0.0725. The van der Waals surface area contributed by atoms with Crippen LogP contribution in [0.3, 0.4) is 0 Å². The summed E-state index contributed by atoms with van der Waals surface area (Å²) in [5, 5.41) is 12.6. The fraction of sp³-hybridized carbons (Fsp3) is 0.429. The summed E-state index contributed by atoms with van der Waals surface area (Å²) in [5.74, 6) is -1.29. The second-order valence-electron chi connectivity index (χ2n) is 5.14. The fourth-order valence-electron chi connectivity index (χ4n) is 2.67. The summed E-state index contributed by atoms with van der Waals surface area (Å²) in [4.78, 5) is 23.3. The Balaban J connectivity index is 2.20. The topological polar surface area (TPSA) is 66.4 Å². The van der Waals surface area contributed by atoms with E-state index in [4.69, 9.17) is 28.3 Å². The number of rotatable bonds is 4. The molecular formula is C14H15Cl2NO3. The van der Waals surface area contributed by atoms with E-state index >= 15 is 0 Å². The molecule has 108 valence electrons. The summed E-state index contributed by atoms with van der Waals surface area (Å²) in [7, 11) is 0. The van der Waals surface area contributed by atoms with Crippen LogP contribution in [0.4, 0.5) is 0 Å². The van der Waals surface area contributed by atoms with E-state index in [0.717, 1.165) is 12.8 Å². The molecule has 0 saturated heterocycles. The van der Waals surface area contributed by atoms with Crippen LogP contribution in [-0.4, -0.2) is 22.5 Å². The second-order valence-corrected chi connectivity index (χ2v) is 5.98. The average molecular weight is 316 g/mol. The van der Waals surface area contributed by atoms with Crippen molar-refractivity contribution in [1.29, 1.82) is 0 Å². The van der Waals surface area contributed by atoms with Crippen LogP contribution in [0.15, 0.2) is 18.2 Å². The Bertz CT molecular complexity index is 539. The quantitative estimate of drug-likeness (QED) is 0.893. The first-order valence-corrected chi connectivity index (χ1v) is 7.17. The molecule has 0 aromatic heterocycles. The van der Waals surface area contributed by atoms with E-state index in [9.17, 15) is 9.59 Å². The van der Waals surface area contributed by atoms with Crippen LogP contribution in [0.2, 0.25) is 10.0 Å². The molecule has 20 heavy (non-hydrogen) atoms. The molecular weight excluding hydrogens is 301 g/mol. The number of carbonyl (C=O) groups is 2. The number of hydrogen-bond donors (Lipinski definition) is 2. The van der Waals surface area contributed by atoms with Crippen molar-refractivity contribution in [3.63, 3.8) is 0 Å². The van der Waals surface area contributed by atoms with E-state index in [1.54, 1.807) is 12.1 Å². The van der Waals surface area contributed by atoms with Gasteiger partial charge < -0.3 is 10.4 Å². The highest BCUT2D eigenvalue weighted by molar-refractivity contribution is 6.35. The standard InChI is InChI=1S/C14H15Cl2NO3/c15-9-3-4-11(16)10(7-9)13(20)17-14(8-12(18)19)5-1-2-6-14/h3-4,7H,1-2,5-6,8H2,(H,17,20)(H,18,19). The number of aliphatic carboxylic acids is 1. The predicted octanol–water partition coefficient (Wildman–Crippen LogP) is 3.51. The summed E-state index contributed by atoms with van der Waals surface area (Å²) in [6, 6.07) is 4.64. The highest BCUT2D eigenvalue weighted by Gasteiger charge is 2.37. The average Bonchev–Trinajstić information content (AvgIpc) is 2.79. The lowest BCUT2D eigenvalue weighted by molar-refractivity contribution is -0.138. The van der Waals surface area contributed by atoms with E-state index in [0.29, 0.717) is 22.9 Å². The Morgan fingerprint density at radius 2 is 1.90 bits per heavy atom. The third-order valence-electron chi connectivity index (χ3n) is 3.60. The first-order valence-electron chi connectivity index (χ1n) is 6.41. The fourth-order valence-corrected chi connectivity index (χ4v) is 3.04. The van der Waals surface area contributed by atoms with Crippen molar-refractivity contribution in [2.75, 3.05) is 0 Å². The van der Waals surface area contributed by atoms with Gasteiger partial charge in [-0.2, -0.15) is 0 Å². The normalized spacial score (nSPS) is 16.9. The highest BCUT2D eigenvalue weighted by atomic mass is 35.5. The molecule has 4 nitrogen and oxygen atoms in total. The van der Waals surface area contributed by atoms with E-state index in [-0.39, 0.29) is 17.9 Å². The number of benzene rings is 1. The van der Waals surface area contributed by atoms with Crippen molar-refractivity contribution in [3.8, 4) is 0 Å². The molecule has 2 N–H and O–H groups in total. The second kappa shape index (κ2) is 6.02. The van der Waals surface area contributed by atoms with Gasteiger partial charge >= 0.3 is 5.97 Å². The Morgan fingerprint density at radius 1 is 1.25 bits per heavy atom. The van der Waals surface area contributed by atoms with Gasteiger partial charge in [-0.25, -0.2) is 0 Å². The largest absolute Gasteiger partial charge is 0.481 e. The number of carbonyl (C=O) groups excluding carboxylic acids is 1. The molecule has 0 radical (unpaired) electrons. The third kappa shape index (κ3) is 3.44. The van der Waals surface area contributed by atoms with E-state index in [1.807, 2.05) is 0 Å². The third-order valence-corrected chi connectivity index (χ3v) is 4.17. The summed E-state index contributed by atoms with van der Waals surface area (Å²) >= 11 is 11.9. The monoisotopic (exact) mass is 315 g/mol. The van der Waals surface area contributed by atoms with Gasteiger partial charge in [-0.3, -0.25) is 9.59 Å². The maximum absolute atomic E-state index is 12.3. The maximum Gasteiger partial charge on any atom is 0.305 e. The minimum atomic E-state index is -0.913. The van der Waals surface area contributed by atoms with Crippen LogP contribution in [0.1, 0.15) is 42.5 Å². The van der Waals surface area contributed by atoms with Crippen molar-refractivity contribution < 1.29 is 14.7 Å². The molecule has 1 amide bonds. The van der Waals surface area contributed by atoms with Crippen LogP contribution >= 0.6 is 23.2 Å². The molecule has 1 aliphatic carbocycles. The molecule has 1 aromatic carbocycles. The van der Waals surface area contributed by atoms with Gasteiger partial charge in [0.25, 0.3) is 5.91 Å². The number of hydrogen-bond acceptors (Lipinski definition) is 2. The molecule has 0 heterocycles. The van der Waals surface area contributed by atoms with Crippen LogP contribution in [0, 0.1) is 0 Å². The minimum Gasteiger partial charge on any atom is -0.481 e. The smallest absolute Gasteiger partial charge is 0.305 e. The lowest BCUT2D eigenvalue weighted by Gasteiger charge is -2.28. The summed E-state index contributed by atoms with van der Waals surface area (Å²) in [5.41, 5.74) is -0.398. The van der Waals surface area contributed by atoms with Crippen LogP contribution in [0.5, 0.6) is 0 Å². The zero-order valence-corrected chi connectivity index (χ0v) is 12.3. The number of carboxylic acids is 1. The molecule has 1 aliphatic rings. The van der Waals surface area contributed by atoms with Crippen molar-refractivity contribution in [3.05, 3.63) is 33.8 Å². The molecule has 0 unspecified atom stereocenters. The van der Waals surface area contributed by atoms with Crippen molar-refractivity contribution >= 4 is 35.1 Å². The van der Waals surface area contributed by atoms with Gasteiger partial charge in [-0.05, 0) is 31.0 Å². The predicted molar refractivity (Wildman–Crippen MR) is 77.4 cm³/mol. The van der Waals surface area contributed by atoms with Gasteiger partial charge in [-0.1, -0.05) is 36.0 Å². The van der Waals surface area contributed by atoms with Crippen molar-refractivity contribution in [2.45, 2.75) is 37.6 Å². The van der Waals surface area contributed by atoms with E-state index < -0.39 is 11.5 Å². The lowest BCUT2D eigenvalue weighted by atomic mass is 9.92. The van der Waals surface area contributed by atoms with Gasteiger partial charge in [0.05, 0.1) is 22.5 Å². The van der Waals surface area contributed by atoms with Crippen LogP contribution < -0.4 is 5.32 Å². The molecule has 2 rings (SSSR count). The van der Waals surface area contributed by atoms with Crippen LogP contribution in [-0.2, 0) is 4.79 Å². The summed E-state index contributed by atoms with van der Waals surface area (Å²) in [6.07, 6.45) is 3.09. The Labute approximate surface area is 127 Å². The molecule has 1 saturated carbocycles. The highest BCUT2D eigenvalue weighted by Crippen LogP contribution is 2.33. The molecule has 1 fully saturated rings. The Morgan fingerprint density at radius 3 is 2.50 bits per heavy atom. The van der Waals surface area contributed by atoms with Crippen LogP contribution in [0.25, 0.3) is 0 Å². The van der Waals surface area contributed by atoms with Gasteiger partial charge in [0.2, 0.25) is 0 Å². The first kappa shape index (κ1) is 15.1. The van der Waals surface area contributed by atoms with E-state index in [1.165, 1.54) is 6.07 Å². The maximum atomic E-state index is 12.3. The number of halogens is 2. The van der Waals surface area contributed by atoms with Gasteiger partial charge in [0, 0.05) is 5.02 Å². The summed E-state index contributed by atoms with van der Waals surface area (Å²) in [6.45, 7) is 0. The molecule has 1 aromatic rings. The lowest BCUT2D eigenvalue weighted by Crippen LogP contribution is -2.47. The van der Waals surface area contributed by atoms with Gasteiger partial charge in [0.15, 0.2) is 0 Å². The van der Waals surface area contributed by atoms with Crippen molar-refractivity contribution in [2.24, 2.45) is 0 Å². The molecule has 0 aliphatic heterocycles. The van der Waals surface area contributed by atoms with Gasteiger partial charge in [0.1, 0.15) is 0 Å².